The van der Waals surface area contributed by atoms with E-state index in [1.165, 1.54) is 12.1 Å². The zero-order chi connectivity index (χ0) is 17.5. The maximum Gasteiger partial charge on any atom is 0.315 e. The summed E-state index contributed by atoms with van der Waals surface area (Å²) in [5.74, 6) is -0.148. The van der Waals surface area contributed by atoms with Gasteiger partial charge in [0.2, 0.25) is 5.91 Å². The molecular formula is C18H26FN3O2. The predicted molar refractivity (Wildman–Crippen MR) is 91.1 cm³/mol. The van der Waals surface area contributed by atoms with Gasteiger partial charge in [-0.15, -0.1) is 0 Å². The molecule has 0 spiro atoms. The van der Waals surface area contributed by atoms with E-state index in [0.717, 1.165) is 18.4 Å². The van der Waals surface area contributed by atoms with Gasteiger partial charge in [-0.3, -0.25) is 4.79 Å². The number of aryl methyl sites for hydroxylation is 1. The van der Waals surface area contributed by atoms with Gasteiger partial charge >= 0.3 is 6.03 Å². The zero-order valence-corrected chi connectivity index (χ0v) is 14.3. The molecule has 1 heterocycles. The van der Waals surface area contributed by atoms with Gasteiger partial charge in [0, 0.05) is 31.6 Å². The summed E-state index contributed by atoms with van der Waals surface area (Å²) in [4.78, 5) is 25.8. The Kier molecular flexibility index (Phi) is 6.58. The van der Waals surface area contributed by atoms with Crippen LogP contribution in [0.2, 0.25) is 0 Å². The number of nitrogens with one attached hydrogen (secondary N) is 2. The fraction of sp³-hybridized carbons (Fsp3) is 0.556. The monoisotopic (exact) mass is 335 g/mol. The van der Waals surface area contributed by atoms with Crippen LogP contribution in [-0.2, 0) is 11.2 Å². The Morgan fingerprint density at radius 2 is 1.83 bits per heavy atom. The Balaban J connectivity index is 1.70. The maximum absolute atomic E-state index is 12.9. The van der Waals surface area contributed by atoms with Gasteiger partial charge in [0.25, 0.3) is 0 Å². The second-order valence-corrected chi connectivity index (χ2v) is 6.55. The number of hydrogen-bond donors (Lipinski definition) is 2. The molecule has 0 aliphatic carbocycles. The lowest BCUT2D eigenvalue weighted by atomic mass is 10.0. The molecule has 1 aliphatic heterocycles. The SMILES string of the molecule is CC(C)NC(=O)NC1CCN(C(=O)CCc2ccc(F)cc2)CC1. The van der Waals surface area contributed by atoms with Crippen molar-refractivity contribution in [1.82, 2.24) is 15.5 Å². The van der Waals surface area contributed by atoms with Crippen LogP contribution in [0, 0.1) is 5.82 Å². The first-order valence-electron chi connectivity index (χ1n) is 8.53. The Bertz CT molecular complexity index is 552. The summed E-state index contributed by atoms with van der Waals surface area (Å²) in [6.45, 7) is 5.16. The fourth-order valence-corrected chi connectivity index (χ4v) is 2.82. The highest BCUT2D eigenvalue weighted by molar-refractivity contribution is 5.77. The number of halogens is 1. The minimum absolute atomic E-state index is 0.109. The Labute approximate surface area is 142 Å². The normalized spacial score (nSPS) is 15.4. The maximum atomic E-state index is 12.9. The molecule has 0 radical (unpaired) electrons. The Hall–Kier alpha value is -2.11. The minimum Gasteiger partial charge on any atom is -0.343 e. The highest BCUT2D eigenvalue weighted by Gasteiger charge is 2.23. The number of nitrogens with zero attached hydrogens (tertiary/aromatic N) is 1. The molecule has 1 aromatic carbocycles. The van der Waals surface area contributed by atoms with E-state index >= 15 is 0 Å². The molecule has 5 nitrogen and oxygen atoms in total. The summed E-state index contributed by atoms with van der Waals surface area (Å²) in [5.41, 5.74) is 0.964. The lowest BCUT2D eigenvalue weighted by molar-refractivity contribution is -0.132. The summed E-state index contributed by atoms with van der Waals surface area (Å²) in [6.07, 6.45) is 2.59. The molecule has 0 unspecified atom stereocenters. The third-order valence-electron chi connectivity index (χ3n) is 4.14. The predicted octanol–water partition coefficient (Wildman–Crippen LogP) is 2.46. The van der Waals surface area contributed by atoms with Crippen molar-refractivity contribution in [1.29, 1.82) is 0 Å². The van der Waals surface area contributed by atoms with E-state index in [0.29, 0.717) is 25.9 Å². The highest BCUT2D eigenvalue weighted by Crippen LogP contribution is 2.13. The van der Waals surface area contributed by atoms with E-state index in [1.807, 2.05) is 18.7 Å². The first kappa shape index (κ1) is 18.2. The number of hydrogen-bond acceptors (Lipinski definition) is 2. The molecule has 0 atom stereocenters. The largest absolute Gasteiger partial charge is 0.343 e. The van der Waals surface area contributed by atoms with Crippen LogP contribution in [-0.4, -0.2) is 42.0 Å². The molecule has 1 fully saturated rings. The van der Waals surface area contributed by atoms with Crippen LogP contribution in [0.1, 0.15) is 38.7 Å². The Morgan fingerprint density at radius 3 is 2.42 bits per heavy atom. The number of rotatable bonds is 5. The fourth-order valence-electron chi connectivity index (χ4n) is 2.82. The Morgan fingerprint density at radius 1 is 1.21 bits per heavy atom. The molecule has 24 heavy (non-hydrogen) atoms. The third kappa shape index (κ3) is 5.83. The summed E-state index contributed by atoms with van der Waals surface area (Å²) in [5, 5.41) is 5.76. The van der Waals surface area contributed by atoms with Crippen molar-refractivity contribution in [3.63, 3.8) is 0 Å². The first-order valence-corrected chi connectivity index (χ1v) is 8.53. The molecule has 2 rings (SSSR count). The lowest BCUT2D eigenvalue weighted by Gasteiger charge is -2.32. The van der Waals surface area contributed by atoms with Crippen LogP contribution in [0.5, 0.6) is 0 Å². The number of likely N-dealkylation sites (tertiary alicyclic amines) is 1. The van der Waals surface area contributed by atoms with Gasteiger partial charge in [-0.25, -0.2) is 9.18 Å². The van der Waals surface area contributed by atoms with Crippen LogP contribution >= 0.6 is 0 Å². The van der Waals surface area contributed by atoms with Crippen molar-refractivity contribution < 1.29 is 14.0 Å². The minimum atomic E-state index is -0.263. The second kappa shape index (κ2) is 8.66. The van der Waals surface area contributed by atoms with E-state index in [1.54, 1.807) is 12.1 Å². The standard InChI is InChI=1S/C18H26FN3O2/c1-13(2)20-18(24)21-16-9-11-22(12-10-16)17(23)8-5-14-3-6-15(19)7-4-14/h3-4,6-7,13,16H,5,8-12H2,1-2H3,(H2,20,21,24). The smallest absolute Gasteiger partial charge is 0.315 e. The van der Waals surface area contributed by atoms with Crippen molar-refractivity contribution in [3.8, 4) is 0 Å². The van der Waals surface area contributed by atoms with Crippen LogP contribution in [0.15, 0.2) is 24.3 Å². The summed E-state index contributed by atoms with van der Waals surface area (Å²) < 4.78 is 12.9. The van der Waals surface area contributed by atoms with E-state index in [-0.39, 0.29) is 29.8 Å². The molecule has 132 valence electrons. The van der Waals surface area contributed by atoms with Gasteiger partial charge in [-0.2, -0.15) is 0 Å². The van der Waals surface area contributed by atoms with E-state index in [2.05, 4.69) is 10.6 Å². The molecule has 1 aromatic rings. The van der Waals surface area contributed by atoms with Crippen LogP contribution < -0.4 is 10.6 Å². The van der Waals surface area contributed by atoms with Gasteiger partial charge in [-0.05, 0) is 50.8 Å². The number of carbonyl (C=O) groups is 2. The molecule has 1 saturated heterocycles. The molecular weight excluding hydrogens is 309 g/mol. The molecule has 0 bridgehead atoms. The van der Waals surface area contributed by atoms with Gasteiger partial charge in [0.15, 0.2) is 0 Å². The molecule has 0 saturated carbocycles. The number of benzene rings is 1. The van der Waals surface area contributed by atoms with Crippen LogP contribution in [0.3, 0.4) is 0 Å². The summed E-state index contributed by atoms with van der Waals surface area (Å²) >= 11 is 0. The molecule has 2 N–H and O–H groups in total. The number of urea groups is 1. The third-order valence-corrected chi connectivity index (χ3v) is 4.14. The number of carbonyl (C=O) groups excluding carboxylic acids is 2. The number of piperidine rings is 1. The topological polar surface area (TPSA) is 61.4 Å². The zero-order valence-electron chi connectivity index (χ0n) is 14.3. The van der Waals surface area contributed by atoms with Gasteiger partial charge in [-0.1, -0.05) is 12.1 Å². The second-order valence-electron chi connectivity index (χ2n) is 6.55. The van der Waals surface area contributed by atoms with Crippen LogP contribution in [0.4, 0.5) is 9.18 Å². The molecule has 6 heteroatoms. The summed E-state index contributed by atoms with van der Waals surface area (Å²) in [7, 11) is 0. The van der Waals surface area contributed by atoms with Gasteiger partial charge < -0.3 is 15.5 Å². The van der Waals surface area contributed by atoms with Gasteiger partial charge in [0.05, 0.1) is 0 Å². The van der Waals surface area contributed by atoms with Crippen molar-refractivity contribution in [2.24, 2.45) is 0 Å². The summed E-state index contributed by atoms with van der Waals surface area (Å²) in [6, 6.07) is 6.34. The van der Waals surface area contributed by atoms with Crippen molar-refractivity contribution in [2.75, 3.05) is 13.1 Å². The van der Waals surface area contributed by atoms with Crippen molar-refractivity contribution >= 4 is 11.9 Å². The highest BCUT2D eigenvalue weighted by atomic mass is 19.1. The quantitative estimate of drug-likeness (QED) is 0.868. The average Bonchev–Trinajstić information content (AvgIpc) is 2.54. The van der Waals surface area contributed by atoms with Crippen LogP contribution in [0.25, 0.3) is 0 Å². The van der Waals surface area contributed by atoms with E-state index in [9.17, 15) is 14.0 Å². The lowest BCUT2D eigenvalue weighted by Crippen LogP contribution is -2.50. The average molecular weight is 335 g/mol. The van der Waals surface area contributed by atoms with E-state index < -0.39 is 0 Å². The van der Waals surface area contributed by atoms with Crippen molar-refractivity contribution in [3.05, 3.63) is 35.6 Å². The molecule has 1 aliphatic rings. The van der Waals surface area contributed by atoms with Crippen molar-refractivity contribution in [2.45, 2.75) is 51.6 Å². The molecule has 3 amide bonds. The molecule has 0 aromatic heterocycles. The van der Waals surface area contributed by atoms with E-state index in [4.69, 9.17) is 0 Å². The number of amides is 3. The first-order chi connectivity index (χ1) is 11.4. The van der Waals surface area contributed by atoms with Gasteiger partial charge in [0.1, 0.15) is 5.82 Å².